The molecule has 0 aliphatic carbocycles. The molecule has 116 valence electrons. The summed E-state index contributed by atoms with van der Waals surface area (Å²) in [6.45, 7) is 7.88. The highest BCUT2D eigenvalue weighted by molar-refractivity contribution is 5.94. The summed E-state index contributed by atoms with van der Waals surface area (Å²) in [6, 6.07) is 17.6. The first-order valence-electron chi connectivity index (χ1n) is 7.87. The highest BCUT2D eigenvalue weighted by Crippen LogP contribution is 2.12. The smallest absolute Gasteiger partial charge is 0.251 e. The van der Waals surface area contributed by atoms with Gasteiger partial charge in [0.2, 0.25) is 0 Å². The standard InChI is InChI=1S/C19H24N2O/c1-3-21(4-2)15-18-13-9-8-12-17(18)14-20-19(22)16-10-6-5-7-11-16/h5-13H,3-4,14-15H2,1-2H3,(H,20,22). The van der Waals surface area contributed by atoms with Crippen molar-refractivity contribution in [3.8, 4) is 0 Å². The van der Waals surface area contributed by atoms with Crippen molar-refractivity contribution in [2.75, 3.05) is 13.1 Å². The Labute approximate surface area is 133 Å². The van der Waals surface area contributed by atoms with E-state index in [2.05, 4.69) is 42.3 Å². The molecule has 2 rings (SSSR count). The number of carbonyl (C=O) groups is 1. The number of rotatable bonds is 7. The Balaban J connectivity index is 2.02. The molecule has 0 bridgehead atoms. The Morgan fingerprint density at radius 3 is 2.14 bits per heavy atom. The van der Waals surface area contributed by atoms with Gasteiger partial charge in [-0.3, -0.25) is 9.69 Å². The van der Waals surface area contributed by atoms with Crippen molar-refractivity contribution in [3.63, 3.8) is 0 Å². The van der Waals surface area contributed by atoms with Crippen LogP contribution in [0.25, 0.3) is 0 Å². The largest absolute Gasteiger partial charge is 0.348 e. The third-order valence-corrected chi connectivity index (χ3v) is 3.88. The van der Waals surface area contributed by atoms with Gasteiger partial charge < -0.3 is 5.32 Å². The quantitative estimate of drug-likeness (QED) is 0.848. The lowest BCUT2D eigenvalue weighted by molar-refractivity contribution is 0.0950. The van der Waals surface area contributed by atoms with Crippen LogP contribution in [0, 0.1) is 0 Å². The van der Waals surface area contributed by atoms with Gasteiger partial charge in [-0.05, 0) is 36.3 Å². The zero-order chi connectivity index (χ0) is 15.8. The van der Waals surface area contributed by atoms with Crippen molar-refractivity contribution < 1.29 is 4.79 Å². The topological polar surface area (TPSA) is 32.3 Å². The molecular formula is C19H24N2O. The normalized spacial score (nSPS) is 10.7. The van der Waals surface area contributed by atoms with E-state index in [9.17, 15) is 4.79 Å². The molecule has 0 fully saturated rings. The second-order valence-corrected chi connectivity index (χ2v) is 5.28. The molecule has 0 spiro atoms. The number of hydrogen-bond acceptors (Lipinski definition) is 2. The summed E-state index contributed by atoms with van der Waals surface area (Å²) < 4.78 is 0. The summed E-state index contributed by atoms with van der Waals surface area (Å²) in [5.74, 6) is -0.0294. The average molecular weight is 296 g/mol. The molecule has 0 aliphatic heterocycles. The predicted octanol–water partition coefficient (Wildman–Crippen LogP) is 3.46. The lowest BCUT2D eigenvalue weighted by atomic mass is 10.1. The summed E-state index contributed by atoms with van der Waals surface area (Å²) in [6.07, 6.45) is 0. The van der Waals surface area contributed by atoms with Gasteiger partial charge in [-0.2, -0.15) is 0 Å². The third kappa shape index (κ3) is 4.43. The molecule has 1 N–H and O–H groups in total. The fourth-order valence-electron chi connectivity index (χ4n) is 2.44. The molecule has 2 aromatic rings. The number of benzene rings is 2. The van der Waals surface area contributed by atoms with Crippen LogP contribution in [0.5, 0.6) is 0 Å². The van der Waals surface area contributed by atoms with Gasteiger partial charge in [-0.1, -0.05) is 56.3 Å². The first kappa shape index (κ1) is 16.2. The Bertz CT molecular complexity index is 591. The van der Waals surface area contributed by atoms with Gasteiger partial charge >= 0.3 is 0 Å². The lowest BCUT2D eigenvalue weighted by Gasteiger charge is -2.20. The highest BCUT2D eigenvalue weighted by atomic mass is 16.1. The minimum Gasteiger partial charge on any atom is -0.348 e. The molecule has 0 radical (unpaired) electrons. The van der Waals surface area contributed by atoms with Crippen molar-refractivity contribution in [1.82, 2.24) is 10.2 Å². The van der Waals surface area contributed by atoms with Gasteiger partial charge in [0.25, 0.3) is 5.91 Å². The summed E-state index contributed by atoms with van der Waals surface area (Å²) in [5, 5.41) is 3.01. The maximum atomic E-state index is 12.1. The molecule has 3 heteroatoms. The van der Waals surface area contributed by atoms with Crippen molar-refractivity contribution in [1.29, 1.82) is 0 Å². The van der Waals surface area contributed by atoms with Crippen LogP contribution >= 0.6 is 0 Å². The van der Waals surface area contributed by atoms with Gasteiger partial charge in [0, 0.05) is 18.7 Å². The fraction of sp³-hybridized carbons (Fsp3) is 0.316. The minimum absolute atomic E-state index is 0.0294. The third-order valence-electron chi connectivity index (χ3n) is 3.88. The zero-order valence-corrected chi connectivity index (χ0v) is 13.4. The van der Waals surface area contributed by atoms with E-state index in [1.54, 1.807) is 0 Å². The van der Waals surface area contributed by atoms with Gasteiger partial charge in [-0.15, -0.1) is 0 Å². The molecule has 0 saturated carbocycles. The maximum Gasteiger partial charge on any atom is 0.251 e. The summed E-state index contributed by atoms with van der Waals surface area (Å²) in [5.41, 5.74) is 3.15. The van der Waals surface area contributed by atoms with E-state index < -0.39 is 0 Å². The van der Waals surface area contributed by atoms with E-state index in [4.69, 9.17) is 0 Å². The van der Waals surface area contributed by atoms with E-state index in [0.29, 0.717) is 12.1 Å². The molecule has 22 heavy (non-hydrogen) atoms. The van der Waals surface area contributed by atoms with E-state index >= 15 is 0 Å². The number of amides is 1. The summed E-state index contributed by atoms with van der Waals surface area (Å²) in [4.78, 5) is 14.5. The van der Waals surface area contributed by atoms with Crippen LogP contribution in [-0.4, -0.2) is 23.9 Å². The number of nitrogens with zero attached hydrogens (tertiary/aromatic N) is 1. The van der Waals surface area contributed by atoms with Crippen molar-refractivity contribution in [2.45, 2.75) is 26.9 Å². The van der Waals surface area contributed by atoms with Crippen LogP contribution in [-0.2, 0) is 13.1 Å². The second kappa shape index (κ2) is 8.35. The first-order chi connectivity index (χ1) is 10.7. The Morgan fingerprint density at radius 1 is 0.909 bits per heavy atom. The molecule has 0 aliphatic rings. The number of nitrogens with one attached hydrogen (secondary N) is 1. The Kier molecular flexibility index (Phi) is 6.16. The van der Waals surface area contributed by atoms with Crippen molar-refractivity contribution in [3.05, 3.63) is 71.3 Å². The van der Waals surface area contributed by atoms with E-state index in [1.807, 2.05) is 36.4 Å². The minimum atomic E-state index is -0.0294. The van der Waals surface area contributed by atoms with Crippen molar-refractivity contribution in [2.24, 2.45) is 0 Å². The van der Waals surface area contributed by atoms with Crippen LogP contribution in [0.15, 0.2) is 54.6 Å². The van der Waals surface area contributed by atoms with Gasteiger partial charge in [0.1, 0.15) is 0 Å². The van der Waals surface area contributed by atoms with Crippen LogP contribution in [0.1, 0.15) is 35.3 Å². The van der Waals surface area contributed by atoms with Crippen LogP contribution in [0.4, 0.5) is 0 Å². The first-order valence-corrected chi connectivity index (χ1v) is 7.87. The Hall–Kier alpha value is -2.13. The van der Waals surface area contributed by atoms with E-state index in [0.717, 1.165) is 19.6 Å². The SMILES string of the molecule is CCN(CC)Cc1ccccc1CNC(=O)c1ccccc1. The molecule has 1 amide bonds. The Morgan fingerprint density at radius 2 is 1.50 bits per heavy atom. The van der Waals surface area contributed by atoms with Crippen LogP contribution < -0.4 is 5.32 Å². The molecule has 0 unspecified atom stereocenters. The average Bonchev–Trinajstić information content (AvgIpc) is 2.59. The predicted molar refractivity (Wildman–Crippen MR) is 90.7 cm³/mol. The van der Waals surface area contributed by atoms with Gasteiger partial charge in [0.05, 0.1) is 0 Å². The van der Waals surface area contributed by atoms with E-state index in [1.165, 1.54) is 11.1 Å². The molecule has 0 atom stereocenters. The molecule has 0 aromatic heterocycles. The summed E-state index contributed by atoms with van der Waals surface area (Å²) >= 11 is 0. The number of carbonyl (C=O) groups excluding carboxylic acids is 1. The molecule has 3 nitrogen and oxygen atoms in total. The molecule has 0 heterocycles. The van der Waals surface area contributed by atoms with Crippen molar-refractivity contribution >= 4 is 5.91 Å². The van der Waals surface area contributed by atoms with E-state index in [-0.39, 0.29) is 5.91 Å². The summed E-state index contributed by atoms with van der Waals surface area (Å²) in [7, 11) is 0. The monoisotopic (exact) mass is 296 g/mol. The van der Waals surface area contributed by atoms with Crippen LogP contribution in [0.2, 0.25) is 0 Å². The number of hydrogen-bond donors (Lipinski definition) is 1. The van der Waals surface area contributed by atoms with Crippen LogP contribution in [0.3, 0.4) is 0 Å². The fourth-order valence-corrected chi connectivity index (χ4v) is 2.44. The zero-order valence-electron chi connectivity index (χ0n) is 13.4. The second-order valence-electron chi connectivity index (χ2n) is 5.28. The molecule has 0 saturated heterocycles. The van der Waals surface area contributed by atoms with Gasteiger partial charge in [0.15, 0.2) is 0 Å². The maximum absolute atomic E-state index is 12.1. The highest BCUT2D eigenvalue weighted by Gasteiger charge is 2.08. The molecular weight excluding hydrogens is 272 g/mol. The molecule has 2 aromatic carbocycles. The lowest BCUT2D eigenvalue weighted by Crippen LogP contribution is -2.26. The van der Waals surface area contributed by atoms with Gasteiger partial charge in [-0.25, -0.2) is 0 Å².